The van der Waals surface area contributed by atoms with Gasteiger partial charge in [-0.25, -0.2) is 0 Å². The van der Waals surface area contributed by atoms with Gasteiger partial charge in [0.15, 0.2) is 5.17 Å². The van der Waals surface area contributed by atoms with Crippen LogP contribution in [-0.4, -0.2) is 42.0 Å². The molecule has 0 bridgehead atoms. The number of nitrogens with zero attached hydrogens (tertiary/aromatic N) is 2. The normalized spacial score (nSPS) is 21.1. The third-order valence-electron chi connectivity index (χ3n) is 3.41. The van der Waals surface area contributed by atoms with E-state index in [1.165, 1.54) is 17.7 Å². The Morgan fingerprint density at radius 1 is 1.35 bits per heavy atom. The van der Waals surface area contributed by atoms with E-state index in [1.54, 1.807) is 0 Å². The minimum absolute atomic E-state index is 0.579. The second-order valence-corrected chi connectivity index (χ2v) is 6.53. The number of aliphatic imine (C=N–C) groups is 1. The number of hydrogen-bond acceptors (Lipinski definition) is 3. The quantitative estimate of drug-likeness (QED) is 0.817. The maximum absolute atomic E-state index is 4.65. The molecule has 1 atom stereocenters. The standard InChI is InChI=1S/C16H25N3S/c1-14-9-12-20-16(18-14)17-10-6-11-19(2)13-15-7-4-3-5-8-15/h3-5,7-8,14H,6,9-13H2,1-2H3,(H,17,18). The fourth-order valence-corrected chi connectivity index (χ4v) is 3.38. The highest BCUT2D eigenvalue weighted by Gasteiger charge is 2.12. The molecule has 1 heterocycles. The van der Waals surface area contributed by atoms with Crippen molar-refractivity contribution in [2.75, 3.05) is 25.9 Å². The van der Waals surface area contributed by atoms with Crippen LogP contribution in [0.3, 0.4) is 0 Å². The highest BCUT2D eigenvalue weighted by atomic mass is 32.2. The van der Waals surface area contributed by atoms with E-state index < -0.39 is 0 Å². The molecule has 0 aromatic heterocycles. The number of thioether (sulfide) groups is 1. The zero-order valence-electron chi connectivity index (χ0n) is 12.5. The highest BCUT2D eigenvalue weighted by Crippen LogP contribution is 2.13. The Balaban J connectivity index is 1.64. The van der Waals surface area contributed by atoms with Gasteiger partial charge in [-0.2, -0.15) is 0 Å². The second-order valence-electron chi connectivity index (χ2n) is 5.45. The third kappa shape index (κ3) is 5.55. The average Bonchev–Trinajstić information content (AvgIpc) is 2.45. The SMILES string of the molecule is CC1CCSC(=NCCCN(C)Cc2ccccc2)N1. The fourth-order valence-electron chi connectivity index (χ4n) is 2.24. The molecule has 4 heteroatoms. The van der Waals surface area contributed by atoms with Crippen molar-refractivity contribution in [1.29, 1.82) is 0 Å². The van der Waals surface area contributed by atoms with Gasteiger partial charge in [-0.15, -0.1) is 0 Å². The van der Waals surface area contributed by atoms with Gasteiger partial charge in [-0.05, 0) is 38.9 Å². The van der Waals surface area contributed by atoms with E-state index in [4.69, 9.17) is 0 Å². The lowest BCUT2D eigenvalue weighted by molar-refractivity contribution is 0.324. The van der Waals surface area contributed by atoms with Gasteiger partial charge in [0.05, 0.1) is 0 Å². The first-order chi connectivity index (χ1) is 9.74. The first-order valence-corrected chi connectivity index (χ1v) is 8.39. The van der Waals surface area contributed by atoms with Gasteiger partial charge in [-0.3, -0.25) is 4.99 Å². The first-order valence-electron chi connectivity index (χ1n) is 7.40. The molecule has 0 amide bonds. The van der Waals surface area contributed by atoms with Crippen LogP contribution >= 0.6 is 11.8 Å². The van der Waals surface area contributed by atoms with Crippen LogP contribution in [-0.2, 0) is 6.54 Å². The molecule has 0 spiro atoms. The monoisotopic (exact) mass is 291 g/mol. The molecule has 0 aliphatic carbocycles. The van der Waals surface area contributed by atoms with E-state index in [2.05, 4.69) is 59.5 Å². The Kier molecular flexibility index (Phi) is 6.40. The summed E-state index contributed by atoms with van der Waals surface area (Å²) in [6, 6.07) is 11.2. The molecule has 1 aromatic carbocycles. The van der Waals surface area contributed by atoms with Crippen LogP contribution in [0.15, 0.2) is 35.3 Å². The number of nitrogens with one attached hydrogen (secondary N) is 1. The second kappa shape index (κ2) is 8.32. The summed E-state index contributed by atoms with van der Waals surface area (Å²) in [5.74, 6) is 1.20. The topological polar surface area (TPSA) is 27.6 Å². The zero-order chi connectivity index (χ0) is 14.2. The van der Waals surface area contributed by atoms with Gasteiger partial charge in [0.2, 0.25) is 0 Å². The number of rotatable bonds is 6. The van der Waals surface area contributed by atoms with Gasteiger partial charge in [0.25, 0.3) is 0 Å². The maximum Gasteiger partial charge on any atom is 0.156 e. The van der Waals surface area contributed by atoms with Gasteiger partial charge in [0.1, 0.15) is 0 Å². The molecule has 20 heavy (non-hydrogen) atoms. The summed E-state index contributed by atoms with van der Waals surface area (Å²) < 4.78 is 0. The number of amidine groups is 1. The van der Waals surface area contributed by atoms with E-state index >= 15 is 0 Å². The Morgan fingerprint density at radius 3 is 2.90 bits per heavy atom. The van der Waals surface area contributed by atoms with Crippen LogP contribution in [0.25, 0.3) is 0 Å². The van der Waals surface area contributed by atoms with Crippen molar-refractivity contribution in [3.63, 3.8) is 0 Å². The van der Waals surface area contributed by atoms with Crippen molar-refractivity contribution >= 4 is 16.9 Å². The summed E-state index contributed by atoms with van der Waals surface area (Å²) in [5, 5.41) is 4.58. The predicted octanol–water partition coefficient (Wildman–Crippen LogP) is 2.98. The average molecular weight is 291 g/mol. The molecule has 0 radical (unpaired) electrons. The minimum atomic E-state index is 0.579. The van der Waals surface area contributed by atoms with E-state index in [0.29, 0.717) is 6.04 Å². The van der Waals surface area contributed by atoms with Crippen molar-refractivity contribution < 1.29 is 0 Å². The van der Waals surface area contributed by atoms with Crippen LogP contribution in [0.4, 0.5) is 0 Å². The molecule has 2 rings (SSSR count). The molecule has 0 saturated carbocycles. The van der Waals surface area contributed by atoms with Crippen molar-refractivity contribution in [1.82, 2.24) is 10.2 Å². The summed E-state index contributed by atoms with van der Waals surface area (Å²) in [6.45, 7) is 5.25. The van der Waals surface area contributed by atoms with Gasteiger partial charge >= 0.3 is 0 Å². The lowest BCUT2D eigenvalue weighted by Crippen LogP contribution is -2.35. The summed E-state index contributed by atoms with van der Waals surface area (Å²) >= 11 is 1.85. The number of benzene rings is 1. The summed E-state index contributed by atoms with van der Waals surface area (Å²) in [6.07, 6.45) is 2.35. The smallest absolute Gasteiger partial charge is 0.156 e. The largest absolute Gasteiger partial charge is 0.362 e. The van der Waals surface area contributed by atoms with E-state index in [0.717, 1.165) is 31.2 Å². The van der Waals surface area contributed by atoms with Crippen molar-refractivity contribution in [2.24, 2.45) is 4.99 Å². The van der Waals surface area contributed by atoms with Crippen LogP contribution in [0, 0.1) is 0 Å². The van der Waals surface area contributed by atoms with Crippen molar-refractivity contribution in [3.05, 3.63) is 35.9 Å². The molecule has 1 fully saturated rings. The summed E-state index contributed by atoms with van der Waals surface area (Å²) in [7, 11) is 2.18. The van der Waals surface area contributed by atoms with E-state index in [-0.39, 0.29) is 0 Å². The predicted molar refractivity (Wildman–Crippen MR) is 89.4 cm³/mol. The van der Waals surface area contributed by atoms with Gasteiger partial charge < -0.3 is 10.2 Å². The lowest BCUT2D eigenvalue weighted by Gasteiger charge is -2.22. The summed E-state index contributed by atoms with van der Waals surface area (Å²) in [4.78, 5) is 7.02. The van der Waals surface area contributed by atoms with E-state index in [9.17, 15) is 0 Å². The molecule has 1 unspecified atom stereocenters. The van der Waals surface area contributed by atoms with Crippen molar-refractivity contribution in [2.45, 2.75) is 32.4 Å². The van der Waals surface area contributed by atoms with Crippen LogP contribution < -0.4 is 5.32 Å². The number of hydrogen-bond donors (Lipinski definition) is 1. The van der Waals surface area contributed by atoms with Gasteiger partial charge in [-0.1, -0.05) is 42.1 Å². The third-order valence-corrected chi connectivity index (χ3v) is 4.37. The Morgan fingerprint density at radius 2 is 2.15 bits per heavy atom. The molecule has 1 aliphatic heterocycles. The molecular formula is C16H25N3S. The van der Waals surface area contributed by atoms with Gasteiger partial charge in [0, 0.05) is 24.9 Å². The first kappa shape index (κ1) is 15.4. The van der Waals surface area contributed by atoms with Crippen LogP contribution in [0.2, 0.25) is 0 Å². The molecule has 1 saturated heterocycles. The summed E-state index contributed by atoms with van der Waals surface area (Å²) in [5.41, 5.74) is 1.37. The minimum Gasteiger partial charge on any atom is -0.362 e. The van der Waals surface area contributed by atoms with Crippen molar-refractivity contribution in [3.8, 4) is 0 Å². The molecule has 1 aromatic rings. The maximum atomic E-state index is 4.65. The lowest BCUT2D eigenvalue weighted by atomic mass is 10.2. The Bertz CT molecular complexity index is 419. The van der Waals surface area contributed by atoms with Crippen LogP contribution in [0.5, 0.6) is 0 Å². The zero-order valence-corrected chi connectivity index (χ0v) is 13.3. The van der Waals surface area contributed by atoms with Crippen LogP contribution in [0.1, 0.15) is 25.3 Å². The molecular weight excluding hydrogens is 266 g/mol. The molecule has 1 N–H and O–H groups in total. The fraction of sp³-hybridized carbons (Fsp3) is 0.562. The molecule has 110 valence electrons. The Hall–Kier alpha value is -1.00. The highest BCUT2D eigenvalue weighted by molar-refractivity contribution is 8.13. The molecule has 3 nitrogen and oxygen atoms in total. The Labute approximate surface area is 126 Å². The van der Waals surface area contributed by atoms with E-state index in [1.807, 2.05) is 11.8 Å². The molecule has 1 aliphatic rings.